The van der Waals surface area contributed by atoms with E-state index in [0.717, 1.165) is 0 Å². The van der Waals surface area contributed by atoms with E-state index in [1.165, 1.54) is 5.56 Å². The van der Waals surface area contributed by atoms with Crippen molar-refractivity contribution >= 4 is 11.8 Å². The minimum atomic E-state index is -4.42. The van der Waals surface area contributed by atoms with Crippen molar-refractivity contribution in [3.8, 4) is 5.75 Å². The van der Waals surface area contributed by atoms with Crippen LogP contribution < -0.4 is 10.1 Å². The number of ether oxygens (including phenoxy) is 1. The number of alkyl halides is 3. The monoisotopic (exact) mass is 386 g/mol. The molecule has 1 heterocycles. The third-order valence-electron chi connectivity index (χ3n) is 4.59. The Balaban J connectivity index is 1.73. The molecule has 0 aliphatic carbocycles. The second-order valence-electron chi connectivity index (χ2n) is 7.00. The quantitative estimate of drug-likeness (QED) is 0.817. The Kier molecular flexibility index (Phi) is 7.10. The van der Waals surface area contributed by atoms with Crippen LogP contribution in [0.1, 0.15) is 38.2 Å². The van der Waals surface area contributed by atoms with Gasteiger partial charge in [-0.1, -0.05) is 26.0 Å². The highest BCUT2D eigenvalue weighted by Gasteiger charge is 2.31. The molecule has 5 nitrogen and oxygen atoms in total. The number of hydrogen-bond acceptors (Lipinski definition) is 3. The van der Waals surface area contributed by atoms with Gasteiger partial charge in [0.2, 0.25) is 5.91 Å². The van der Waals surface area contributed by atoms with Crippen molar-refractivity contribution in [3.05, 3.63) is 29.8 Å². The van der Waals surface area contributed by atoms with Gasteiger partial charge in [0.05, 0.1) is 0 Å². The minimum Gasteiger partial charge on any atom is -0.484 e. The number of likely N-dealkylation sites (tertiary alicyclic amines) is 1. The Labute approximate surface area is 156 Å². The highest BCUT2D eigenvalue weighted by molar-refractivity contribution is 5.80. The third-order valence-corrected chi connectivity index (χ3v) is 4.59. The number of benzene rings is 1. The van der Waals surface area contributed by atoms with Gasteiger partial charge in [-0.2, -0.15) is 13.2 Å². The first-order valence-corrected chi connectivity index (χ1v) is 9.00. The molecular weight excluding hydrogens is 361 g/mol. The van der Waals surface area contributed by atoms with Crippen molar-refractivity contribution in [2.24, 2.45) is 5.92 Å². The average Bonchev–Trinajstić information content (AvgIpc) is 2.64. The van der Waals surface area contributed by atoms with Crippen molar-refractivity contribution in [3.63, 3.8) is 0 Å². The SMILES string of the molecule is CC(C)c1ccc(OCC(=O)N2CCC(C(=O)NCC(F)(F)F)CC2)cc1. The van der Waals surface area contributed by atoms with Crippen LogP contribution in [-0.2, 0) is 9.59 Å². The Morgan fingerprint density at radius 2 is 1.78 bits per heavy atom. The molecule has 0 atom stereocenters. The molecule has 1 N–H and O–H groups in total. The van der Waals surface area contributed by atoms with Crippen LogP contribution in [0.3, 0.4) is 0 Å². The lowest BCUT2D eigenvalue weighted by Gasteiger charge is -2.31. The molecule has 1 aromatic rings. The molecule has 0 unspecified atom stereocenters. The van der Waals surface area contributed by atoms with E-state index in [9.17, 15) is 22.8 Å². The zero-order chi connectivity index (χ0) is 20.0. The molecule has 1 aromatic carbocycles. The maximum absolute atomic E-state index is 12.2. The van der Waals surface area contributed by atoms with E-state index in [2.05, 4.69) is 13.8 Å². The van der Waals surface area contributed by atoms with Gasteiger partial charge in [0.1, 0.15) is 12.3 Å². The van der Waals surface area contributed by atoms with Crippen LogP contribution in [0, 0.1) is 5.92 Å². The summed E-state index contributed by atoms with van der Waals surface area (Å²) in [4.78, 5) is 25.6. The lowest BCUT2D eigenvalue weighted by Crippen LogP contribution is -2.45. The maximum Gasteiger partial charge on any atom is 0.405 e. The largest absolute Gasteiger partial charge is 0.484 e. The van der Waals surface area contributed by atoms with Gasteiger partial charge in [-0.3, -0.25) is 9.59 Å². The number of nitrogens with zero attached hydrogens (tertiary/aromatic N) is 1. The summed E-state index contributed by atoms with van der Waals surface area (Å²) in [5, 5.41) is 1.90. The van der Waals surface area contributed by atoms with Gasteiger partial charge in [-0.05, 0) is 36.5 Å². The molecule has 1 fully saturated rings. The molecule has 2 amide bonds. The van der Waals surface area contributed by atoms with Crippen molar-refractivity contribution < 1.29 is 27.5 Å². The fourth-order valence-corrected chi connectivity index (χ4v) is 2.91. The van der Waals surface area contributed by atoms with Gasteiger partial charge in [0.15, 0.2) is 6.61 Å². The first-order valence-electron chi connectivity index (χ1n) is 9.00. The molecule has 0 saturated carbocycles. The van der Waals surface area contributed by atoms with E-state index in [4.69, 9.17) is 4.74 Å². The van der Waals surface area contributed by atoms with E-state index in [1.54, 1.807) is 4.90 Å². The number of rotatable bonds is 6. The average molecular weight is 386 g/mol. The van der Waals surface area contributed by atoms with Crippen LogP contribution in [0.2, 0.25) is 0 Å². The third kappa shape index (κ3) is 6.77. The number of hydrogen-bond donors (Lipinski definition) is 1. The fraction of sp³-hybridized carbons (Fsp3) is 0.579. The number of carbonyl (C=O) groups excluding carboxylic acids is 2. The van der Waals surface area contributed by atoms with Crippen LogP contribution in [0.4, 0.5) is 13.2 Å². The fourth-order valence-electron chi connectivity index (χ4n) is 2.91. The Morgan fingerprint density at radius 3 is 2.30 bits per heavy atom. The van der Waals surface area contributed by atoms with E-state index < -0.39 is 24.5 Å². The molecule has 0 radical (unpaired) electrons. The molecule has 0 aromatic heterocycles. The molecule has 27 heavy (non-hydrogen) atoms. The summed E-state index contributed by atoms with van der Waals surface area (Å²) in [6.45, 7) is 3.41. The standard InChI is InChI=1S/C19H25F3N2O3/c1-13(2)14-3-5-16(6-4-14)27-11-17(25)24-9-7-15(8-10-24)18(26)23-12-19(20,21)22/h3-6,13,15H,7-12H2,1-2H3,(H,23,26). The summed E-state index contributed by atoms with van der Waals surface area (Å²) in [5.74, 6) is -0.289. The minimum absolute atomic E-state index is 0.105. The summed E-state index contributed by atoms with van der Waals surface area (Å²) < 4.78 is 42.0. The first-order chi connectivity index (χ1) is 12.7. The molecular formula is C19H25F3N2O3. The summed E-state index contributed by atoms with van der Waals surface area (Å²) in [7, 11) is 0. The molecule has 1 aliphatic heterocycles. The van der Waals surface area contributed by atoms with Gasteiger partial charge >= 0.3 is 6.18 Å². The van der Waals surface area contributed by atoms with E-state index in [-0.39, 0.29) is 12.5 Å². The van der Waals surface area contributed by atoms with Gasteiger partial charge in [-0.25, -0.2) is 0 Å². The Morgan fingerprint density at radius 1 is 1.19 bits per heavy atom. The summed E-state index contributed by atoms with van der Waals surface area (Å²) in [6.07, 6.45) is -3.73. The highest BCUT2D eigenvalue weighted by Crippen LogP contribution is 2.20. The van der Waals surface area contributed by atoms with E-state index >= 15 is 0 Å². The second-order valence-corrected chi connectivity index (χ2v) is 7.00. The molecule has 0 spiro atoms. The van der Waals surface area contributed by atoms with Crippen molar-refractivity contribution in [1.29, 1.82) is 0 Å². The van der Waals surface area contributed by atoms with E-state index in [1.807, 2.05) is 29.6 Å². The molecule has 1 aliphatic rings. The predicted octanol–water partition coefficient (Wildman–Crippen LogP) is 3.11. The smallest absolute Gasteiger partial charge is 0.405 e. The van der Waals surface area contributed by atoms with Crippen LogP contribution in [-0.4, -0.2) is 49.1 Å². The maximum atomic E-state index is 12.2. The van der Waals surface area contributed by atoms with Crippen molar-refractivity contribution in [2.45, 2.75) is 38.8 Å². The van der Waals surface area contributed by atoms with Crippen LogP contribution in [0.25, 0.3) is 0 Å². The lowest BCUT2D eigenvalue weighted by atomic mass is 9.96. The van der Waals surface area contributed by atoms with Gasteiger partial charge in [-0.15, -0.1) is 0 Å². The van der Waals surface area contributed by atoms with Gasteiger partial charge in [0.25, 0.3) is 5.91 Å². The van der Waals surface area contributed by atoms with Crippen molar-refractivity contribution in [2.75, 3.05) is 26.2 Å². The number of halogens is 3. The van der Waals surface area contributed by atoms with Gasteiger partial charge < -0.3 is 15.0 Å². The van der Waals surface area contributed by atoms with Gasteiger partial charge in [0, 0.05) is 19.0 Å². The van der Waals surface area contributed by atoms with Crippen LogP contribution in [0.5, 0.6) is 5.75 Å². The number of carbonyl (C=O) groups is 2. The molecule has 150 valence electrons. The Bertz CT molecular complexity index is 637. The van der Waals surface area contributed by atoms with Crippen LogP contribution >= 0.6 is 0 Å². The van der Waals surface area contributed by atoms with Crippen LogP contribution in [0.15, 0.2) is 24.3 Å². The normalized spacial score (nSPS) is 15.7. The number of nitrogens with one attached hydrogen (secondary N) is 1. The zero-order valence-corrected chi connectivity index (χ0v) is 15.5. The van der Waals surface area contributed by atoms with E-state index in [0.29, 0.717) is 37.6 Å². The number of amides is 2. The number of piperidine rings is 1. The molecule has 0 bridgehead atoms. The molecule has 8 heteroatoms. The highest BCUT2D eigenvalue weighted by atomic mass is 19.4. The van der Waals surface area contributed by atoms with Crippen molar-refractivity contribution in [1.82, 2.24) is 10.2 Å². The Hall–Kier alpha value is -2.25. The summed E-state index contributed by atoms with van der Waals surface area (Å²) in [6, 6.07) is 7.55. The molecule has 2 rings (SSSR count). The molecule has 1 saturated heterocycles. The summed E-state index contributed by atoms with van der Waals surface area (Å²) in [5.41, 5.74) is 1.18. The topological polar surface area (TPSA) is 58.6 Å². The predicted molar refractivity (Wildman–Crippen MR) is 94.4 cm³/mol. The lowest BCUT2D eigenvalue weighted by molar-refractivity contribution is -0.143. The zero-order valence-electron chi connectivity index (χ0n) is 15.5. The second kappa shape index (κ2) is 9.10. The first kappa shape index (κ1) is 21.1. The summed E-state index contributed by atoms with van der Waals surface area (Å²) >= 11 is 0.